The molecule has 0 heterocycles. The topological polar surface area (TPSA) is 74.6 Å². The third kappa shape index (κ3) is 13.7. The van der Waals surface area contributed by atoms with Gasteiger partial charge in [0.15, 0.2) is 0 Å². The van der Waals surface area contributed by atoms with Gasteiger partial charge in [-0.05, 0) is 52.4 Å². The number of aliphatic carboxylic acids is 2. The van der Waals surface area contributed by atoms with Crippen LogP contribution in [0, 0.1) is 5.41 Å². The second-order valence-corrected chi connectivity index (χ2v) is 7.77. The van der Waals surface area contributed by atoms with E-state index in [2.05, 4.69) is 19.1 Å². The van der Waals surface area contributed by atoms with E-state index in [0.717, 1.165) is 69.8 Å². The van der Waals surface area contributed by atoms with Gasteiger partial charge in [-0.1, -0.05) is 63.2 Å². The fourth-order valence-electron chi connectivity index (χ4n) is 2.83. The molecular formula is C22H38O4. The normalized spacial score (nSPS) is 12.7. The predicted molar refractivity (Wildman–Crippen MR) is 107 cm³/mol. The van der Waals surface area contributed by atoms with E-state index in [0.29, 0.717) is 0 Å². The molecule has 0 aliphatic carbocycles. The van der Waals surface area contributed by atoms with Crippen LogP contribution in [0.15, 0.2) is 23.8 Å². The van der Waals surface area contributed by atoms with E-state index in [-0.39, 0.29) is 0 Å². The summed E-state index contributed by atoms with van der Waals surface area (Å²) in [5.74, 6) is -1.58. The van der Waals surface area contributed by atoms with Crippen molar-refractivity contribution < 1.29 is 19.8 Å². The maximum Gasteiger partial charge on any atom is 0.328 e. The Balaban J connectivity index is 3.90. The second-order valence-electron chi connectivity index (χ2n) is 7.77. The molecule has 0 spiro atoms. The first-order chi connectivity index (χ1) is 12.3. The Morgan fingerprint density at radius 3 is 2.15 bits per heavy atom. The van der Waals surface area contributed by atoms with Gasteiger partial charge >= 0.3 is 11.9 Å². The van der Waals surface area contributed by atoms with Crippen molar-refractivity contribution in [3.63, 3.8) is 0 Å². The molecular weight excluding hydrogens is 328 g/mol. The van der Waals surface area contributed by atoms with Crippen molar-refractivity contribution >= 4 is 11.9 Å². The highest BCUT2D eigenvalue weighted by Gasteiger charge is 2.25. The molecule has 0 radical (unpaired) electrons. The Bertz CT molecular complexity index is 461. The number of carbonyl (C=O) groups is 2. The maximum absolute atomic E-state index is 11.0. The van der Waals surface area contributed by atoms with Gasteiger partial charge in [-0.25, -0.2) is 4.79 Å². The van der Waals surface area contributed by atoms with Gasteiger partial charge < -0.3 is 10.2 Å². The van der Waals surface area contributed by atoms with Crippen LogP contribution in [0.4, 0.5) is 0 Å². The molecule has 0 amide bonds. The molecule has 0 atom stereocenters. The minimum absolute atomic E-state index is 0.621. The van der Waals surface area contributed by atoms with Crippen molar-refractivity contribution in [3.05, 3.63) is 23.8 Å². The van der Waals surface area contributed by atoms with Crippen molar-refractivity contribution in [2.24, 2.45) is 5.41 Å². The Morgan fingerprint density at radius 2 is 1.54 bits per heavy atom. The SMILES string of the molecule is CCCCCC/C(=C\C(=O)O)C/C=C/CCCCCCC(C)(C)C(=O)O. The van der Waals surface area contributed by atoms with Crippen LogP contribution in [0.25, 0.3) is 0 Å². The fraction of sp³-hybridized carbons (Fsp3) is 0.727. The smallest absolute Gasteiger partial charge is 0.328 e. The first-order valence-corrected chi connectivity index (χ1v) is 10.1. The van der Waals surface area contributed by atoms with E-state index >= 15 is 0 Å². The summed E-state index contributed by atoms with van der Waals surface area (Å²) >= 11 is 0. The minimum Gasteiger partial charge on any atom is -0.481 e. The lowest BCUT2D eigenvalue weighted by Gasteiger charge is -2.18. The molecule has 4 heteroatoms. The lowest BCUT2D eigenvalue weighted by Crippen LogP contribution is -2.23. The average Bonchev–Trinajstić information content (AvgIpc) is 2.56. The van der Waals surface area contributed by atoms with E-state index in [4.69, 9.17) is 10.2 Å². The third-order valence-corrected chi connectivity index (χ3v) is 4.73. The highest BCUT2D eigenvalue weighted by atomic mass is 16.4. The van der Waals surface area contributed by atoms with Crippen LogP contribution in [0.5, 0.6) is 0 Å². The van der Waals surface area contributed by atoms with Gasteiger partial charge in [0.1, 0.15) is 0 Å². The van der Waals surface area contributed by atoms with Crippen molar-refractivity contribution in [1.82, 2.24) is 0 Å². The molecule has 0 aromatic heterocycles. The lowest BCUT2D eigenvalue weighted by molar-refractivity contribution is -0.147. The molecule has 0 saturated heterocycles. The summed E-state index contributed by atoms with van der Waals surface area (Å²) in [4.78, 5) is 21.9. The predicted octanol–water partition coefficient (Wildman–Crippen LogP) is 6.37. The Labute approximate surface area is 159 Å². The van der Waals surface area contributed by atoms with Gasteiger partial charge in [-0.15, -0.1) is 0 Å². The lowest BCUT2D eigenvalue weighted by atomic mass is 9.87. The first-order valence-electron chi connectivity index (χ1n) is 10.1. The van der Waals surface area contributed by atoms with Crippen molar-refractivity contribution in [2.45, 2.75) is 97.8 Å². The Morgan fingerprint density at radius 1 is 0.885 bits per heavy atom. The van der Waals surface area contributed by atoms with Gasteiger partial charge in [0.25, 0.3) is 0 Å². The van der Waals surface area contributed by atoms with Gasteiger partial charge in [-0.3, -0.25) is 4.79 Å². The number of allylic oxidation sites excluding steroid dienone is 3. The summed E-state index contributed by atoms with van der Waals surface area (Å²) in [6, 6.07) is 0. The second kappa shape index (κ2) is 14.6. The van der Waals surface area contributed by atoms with Crippen LogP contribution >= 0.6 is 0 Å². The first kappa shape index (κ1) is 24.4. The van der Waals surface area contributed by atoms with Crippen LogP contribution in [-0.4, -0.2) is 22.2 Å². The third-order valence-electron chi connectivity index (χ3n) is 4.73. The highest BCUT2D eigenvalue weighted by molar-refractivity contribution is 5.80. The molecule has 2 N–H and O–H groups in total. The van der Waals surface area contributed by atoms with Crippen LogP contribution in [0.2, 0.25) is 0 Å². The number of hydrogen-bond acceptors (Lipinski definition) is 2. The summed E-state index contributed by atoms with van der Waals surface area (Å²) < 4.78 is 0. The maximum atomic E-state index is 11.0. The Kier molecular flexibility index (Phi) is 13.7. The van der Waals surface area contributed by atoms with Crippen LogP contribution in [-0.2, 0) is 9.59 Å². The Hall–Kier alpha value is -1.58. The number of hydrogen-bond donors (Lipinski definition) is 2. The largest absolute Gasteiger partial charge is 0.481 e. The molecule has 0 aliphatic rings. The standard InChI is InChI=1S/C22H38O4/c1-4-5-6-12-15-19(18-20(23)24)16-13-10-8-7-9-11-14-17-22(2,3)21(25)26/h10,13,18H,4-9,11-12,14-17H2,1-3H3,(H,23,24)(H,25,26)/b13-10+,19-18+. The van der Waals surface area contributed by atoms with Gasteiger partial charge in [0, 0.05) is 6.08 Å². The molecule has 0 unspecified atom stereocenters. The van der Waals surface area contributed by atoms with Crippen molar-refractivity contribution in [1.29, 1.82) is 0 Å². The summed E-state index contributed by atoms with van der Waals surface area (Å²) in [6.45, 7) is 5.73. The van der Waals surface area contributed by atoms with Gasteiger partial charge in [0.2, 0.25) is 0 Å². The zero-order valence-corrected chi connectivity index (χ0v) is 16.9. The molecule has 0 aromatic carbocycles. The van der Waals surface area contributed by atoms with Gasteiger partial charge in [0.05, 0.1) is 5.41 Å². The molecule has 0 fully saturated rings. The molecule has 0 saturated carbocycles. The van der Waals surface area contributed by atoms with Crippen LogP contribution < -0.4 is 0 Å². The molecule has 0 bridgehead atoms. The zero-order chi connectivity index (χ0) is 19.8. The average molecular weight is 367 g/mol. The van der Waals surface area contributed by atoms with Crippen LogP contribution in [0.3, 0.4) is 0 Å². The van der Waals surface area contributed by atoms with Crippen molar-refractivity contribution in [3.8, 4) is 0 Å². The monoisotopic (exact) mass is 366 g/mol. The molecule has 150 valence electrons. The van der Waals surface area contributed by atoms with E-state index in [1.165, 1.54) is 18.9 Å². The number of carboxylic acids is 2. The number of unbranched alkanes of at least 4 members (excludes halogenated alkanes) is 7. The van der Waals surface area contributed by atoms with Crippen molar-refractivity contribution in [2.75, 3.05) is 0 Å². The van der Waals surface area contributed by atoms with E-state index in [1.54, 1.807) is 13.8 Å². The molecule has 26 heavy (non-hydrogen) atoms. The van der Waals surface area contributed by atoms with E-state index in [9.17, 15) is 9.59 Å². The quantitative estimate of drug-likeness (QED) is 0.189. The van der Waals surface area contributed by atoms with Gasteiger partial charge in [-0.2, -0.15) is 0 Å². The molecule has 0 aromatic rings. The summed E-state index contributed by atoms with van der Waals surface area (Å²) in [5.41, 5.74) is 0.380. The zero-order valence-electron chi connectivity index (χ0n) is 16.9. The van der Waals surface area contributed by atoms with E-state index in [1.807, 2.05) is 0 Å². The molecule has 0 aliphatic heterocycles. The number of rotatable bonds is 16. The number of carboxylic acid groups (broad SMARTS) is 2. The molecule has 4 nitrogen and oxygen atoms in total. The highest BCUT2D eigenvalue weighted by Crippen LogP contribution is 2.24. The minimum atomic E-state index is -0.854. The fourth-order valence-corrected chi connectivity index (χ4v) is 2.83. The van der Waals surface area contributed by atoms with E-state index < -0.39 is 17.4 Å². The summed E-state index contributed by atoms with van der Waals surface area (Å²) in [6.07, 6.45) is 17.7. The molecule has 0 rings (SSSR count). The summed E-state index contributed by atoms with van der Waals surface area (Å²) in [5, 5.41) is 18.0. The summed E-state index contributed by atoms with van der Waals surface area (Å²) in [7, 11) is 0. The van der Waals surface area contributed by atoms with Crippen LogP contribution in [0.1, 0.15) is 97.8 Å².